The van der Waals surface area contributed by atoms with Crippen LogP contribution in [0.15, 0.2) is 29.8 Å². The molecule has 0 atom stereocenters. The van der Waals surface area contributed by atoms with Gasteiger partial charge < -0.3 is 18.8 Å². The molecule has 2 aliphatic heterocycles. The van der Waals surface area contributed by atoms with Crippen LogP contribution in [0.4, 0.5) is 0 Å². The van der Waals surface area contributed by atoms with Crippen LogP contribution in [0.25, 0.3) is 16.0 Å². The minimum Gasteiger partial charge on any atom is -0.461 e. The number of hydrogen-bond acceptors (Lipinski definition) is 8. The van der Waals surface area contributed by atoms with Gasteiger partial charge in [0.25, 0.3) is 0 Å². The van der Waals surface area contributed by atoms with Gasteiger partial charge in [0.2, 0.25) is 0 Å². The third kappa shape index (κ3) is 4.65. The van der Waals surface area contributed by atoms with Crippen LogP contribution in [0.2, 0.25) is 0 Å². The first-order valence-corrected chi connectivity index (χ1v) is 13.0. The zero-order valence-electron chi connectivity index (χ0n) is 21.0. The molecule has 4 heterocycles. The molecule has 1 aromatic carbocycles. The van der Waals surface area contributed by atoms with E-state index in [-0.39, 0.29) is 0 Å². The maximum Gasteiger partial charge on any atom is 0.497 e. The largest absolute Gasteiger partial charge is 0.497 e. The van der Waals surface area contributed by atoms with E-state index in [1.54, 1.807) is 12.3 Å². The summed E-state index contributed by atoms with van der Waals surface area (Å²) in [5, 5.41) is 3.49. The summed E-state index contributed by atoms with van der Waals surface area (Å²) in [7, 11) is -0.508. The normalized spacial score (nSPS) is 20.0. The number of aromatic nitrogens is 2. The van der Waals surface area contributed by atoms with Crippen molar-refractivity contribution in [3.63, 3.8) is 0 Å². The topological polar surface area (TPSA) is 75.0 Å². The maximum absolute atomic E-state index is 12.2. The summed E-state index contributed by atoms with van der Waals surface area (Å²) in [5.41, 5.74) is 2.59. The second-order valence-electron chi connectivity index (χ2n) is 10.0. The summed E-state index contributed by atoms with van der Waals surface area (Å²) in [6.45, 7) is 14.6. The lowest BCUT2D eigenvalue weighted by atomic mass is 9.79. The molecule has 0 bridgehead atoms. The fraction of sp³-hybridized carbons (Fsp3) is 0.520. The molecule has 0 saturated carbocycles. The lowest BCUT2D eigenvalue weighted by molar-refractivity contribution is 0.00578. The smallest absolute Gasteiger partial charge is 0.461 e. The summed E-state index contributed by atoms with van der Waals surface area (Å²) in [4.78, 5) is 19.2. The summed E-state index contributed by atoms with van der Waals surface area (Å²) in [6, 6.07) is 6.50. The lowest BCUT2D eigenvalue weighted by Gasteiger charge is -2.32. The van der Waals surface area contributed by atoms with E-state index in [9.17, 15) is 4.79 Å². The highest BCUT2D eigenvalue weighted by Crippen LogP contribution is 2.37. The number of hydrogen-bond donors (Lipinski definition) is 0. The van der Waals surface area contributed by atoms with Gasteiger partial charge in [-0.2, -0.15) is 0 Å². The Labute approximate surface area is 210 Å². The highest BCUT2D eigenvalue weighted by atomic mass is 32.1. The number of benzene rings is 1. The highest BCUT2D eigenvalue weighted by molar-refractivity contribution is 7.12. The molecule has 10 heteroatoms. The summed E-state index contributed by atoms with van der Waals surface area (Å²) in [6.07, 6.45) is 2.03. The SMILES string of the molecule is CCOC(=O)c1csc(-n2cc(B3OC(C)(C)C(C)(C)O3)c3cc(CN4CCOCC4)ccc32)n1. The van der Waals surface area contributed by atoms with Gasteiger partial charge >= 0.3 is 13.1 Å². The molecule has 2 aromatic heterocycles. The number of rotatable bonds is 6. The van der Waals surface area contributed by atoms with Crippen molar-refractivity contribution in [2.24, 2.45) is 0 Å². The Morgan fingerprint density at radius 3 is 2.57 bits per heavy atom. The van der Waals surface area contributed by atoms with Crippen LogP contribution in [-0.4, -0.2) is 71.7 Å². The Morgan fingerprint density at radius 2 is 1.89 bits per heavy atom. The second-order valence-corrected chi connectivity index (χ2v) is 10.9. The van der Waals surface area contributed by atoms with E-state index < -0.39 is 24.3 Å². The quantitative estimate of drug-likeness (QED) is 0.382. The molecule has 186 valence electrons. The first-order valence-electron chi connectivity index (χ1n) is 12.1. The molecule has 0 N–H and O–H groups in total. The predicted molar refractivity (Wildman–Crippen MR) is 137 cm³/mol. The Hall–Kier alpha value is -2.24. The Bertz CT molecular complexity index is 1220. The van der Waals surface area contributed by atoms with Crippen LogP contribution in [0, 0.1) is 0 Å². The van der Waals surface area contributed by atoms with Gasteiger partial charge in [-0.1, -0.05) is 6.07 Å². The van der Waals surface area contributed by atoms with Crippen LogP contribution in [-0.2, 0) is 25.3 Å². The summed E-state index contributed by atoms with van der Waals surface area (Å²) >= 11 is 1.41. The van der Waals surface area contributed by atoms with Crippen LogP contribution in [0.1, 0.15) is 50.7 Å². The molecule has 5 rings (SSSR count). The molecule has 0 unspecified atom stereocenters. The van der Waals surface area contributed by atoms with Crippen molar-refractivity contribution in [1.29, 1.82) is 0 Å². The van der Waals surface area contributed by atoms with Gasteiger partial charge in [-0.25, -0.2) is 9.78 Å². The van der Waals surface area contributed by atoms with Crippen molar-refractivity contribution < 1.29 is 23.6 Å². The molecular formula is C25H32BN3O5S. The average molecular weight is 497 g/mol. The summed E-state index contributed by atoms with van der Waals surface area (Å²) in [5.74, 6) is -0.412. The summed E-state index contributed by atoms with van der Waals surface area (Å²) < 4.78 is 25.5. The minimum absolute atomic E-state index is 0.315. The van der Waals surface area contributed by atoms with Gasteiger partial charge in [0.05, 0.1) is 36.5 Å². The van der Waals surface area contributed by atoms with Gasteiger partial charge in [0.1, 0.15) is 0 Å². The Kier molecular flexibility index (Phi) is 6.52. The number of nitrogens with zero attached hydrogens (tertiary/aromatic N) is 3. The van der Waals surface area contributed by atoms with Gasteiger partial charge in [-0.3, -0.25) is 9.47 Å². The molecule has 0 radical (unpaired) electrons. The van der Waals surface area contributed by atoms with Crippen LogP contribution >= 0.6 is 11.3 Å². The predicted octanol–water partition coefficient (Wildman–Crippen LogP) is 3.40. The molecule has 2 aliphatic rings. The fourth-order valence-corrected chi connectivity index (χ4v) is 5.19. The number of morpholine rings is 1. The van der Waals surface area contributed by atoms with E-state index in [2.05, 4.69) is 55.8 Å². The third-order valence-corrected chi connectivity index (χ3v) is 7.94. The fourth-order valence-electron chi connectivity index (χ4n) is 4.41. The molecule has 8 nitrogen and oxygen atoms in total. The number of thiazole rings is 1. The monoisotopic (exact) mass is 497 g/mol. The Balaban J connectivity index is 1.56. The van der Waals surface area contributed by atoms with E-state index in [1.165, 1.54) is 16.9 Å². The lowest BCUT2D eigenvalue weighted by Crippen LogP contribution is -2.41. The van der Waals surface area contributed by atoms with Gasteiger partial charge in [-0.05, 0) is 52.3 Å². The van der Waals surface area contributed by atoms with E-state index in [0.29, 0.717) is 17.4 Å². The number of carbonyl (C=O) groups excluding carboxylic acids is 1. The molecule has 0 spiro atoms. The van der Waals surface area contributed by atoms with Crippen LogP contribution in [0.3, 0.4) is 0 Å². The molecule has 0 aliphatic carbocycles. The molecule has 0 amide bonds. The number of fused-ring (bicyclic) bond motifs is 1. The molecular weight excluding hydrogens is 465 g/mol. The molecule has 3 aromatic rings. The Morgan fingerprint density at radius 1 is 1.17 bits per heavy atom. The van der Waals surface area contributed by atoms with Crippen molar-refractivity contribution in [2.75, 3.05) is 32.9 Å². The average Bonchev–Trinajstić information content (AvgIpc) is 3.49. The van der Waals surface area contributed by atoms with Crippen molar-refractivity contribution >= 4 is 40.8 Å². The number of esters is 1. The van der Waals surface area contributed by atoms with Crippen molar-refractivity contribution in [3.8, 4) is 5.13 Å². The van der Waals surface area contributed by atoms with Gasteiger partial charge in [-0.15, -0.1) is 11.3 Å². The van der Waals surface area contributed by atoms with Crippen molar-refractivity contribution in [2.45, 2.75) is 52.4 Å². The second kappa shape index (κ2) is 9.33. The third-order valence-electron chi connectivity index (χ3n) is 7.10. The standard InChI is InChI=1S/C25H32BN3O5S/c1-6-32-22(30)20-16-35-23(27-20)29-15-19(26-33-24(2,3)25(4,5)34-26)18-13-17(7-8-21(18)29)14-28-9-11-31-12-10-28/h7-8,13,15-16H,6,9-12,14H2,1-5H3. The molecule has 2 saturated heterocycles. The molecule has 35 heavy (non-hydrogen) atoms. The van der Waals surface area contributed by atoms with Crippen LogP contribution in [0.5, 0.6) is 0 Å². The highest BCUT2D eigenvalue weighted by Gasteiger charge is 2.52. The number of carbonyl (C=O) groups is 1. The van der Waals surface area contributed by atoms with E-state index in [0.717, 1.165) is 49.2 Å². The van der Waals surface area contributed by atoms with E-state index in [4.69, 9.17) is 18.8 Å². The molecule has 2 fully saturated rings. The van der Waals surface area contributed by atoms with Crippen molar-refractivity contribution in [1.82, 2.24) is 14.5 Å². The zero-order valence-corrected chi connectivity index (χ0v) is 21.8. The van der Waals surface area contributed by atoms with Crippen LogP contribution < -0.4 is 5.46 Å². The first kappa shape index (κ1) is 24.5. The van der Waals surface area contributed by atoms with Gasteiger partial charge in [0.15, 0.2) is 10.8 Å². The van der Waals surface area contributed by atoms with E-state index >= 15 is 0 Å². The minimum atomic E-state index is -0.508. The number of ether oxygens (including phenoxy) is 2. The van der Waals surface area contributed by atoms with E-state index in [1.807, 2.05) is 10.8 Å². The van der Waals surface area contributed by atoms with Crippen molar-refractivity contribution in [3.05, 3.63) is 41.0 Å². The maximum atomic E-state index is 12.2. The van der Waals surface area contributed by atoms with Gasteiger partial charge in [0, 0.05) is 42.1 Å². The first-order chi connectivity index (χ1) is 16.7. The zero-order chi connectivity index (χ0) is 24.8.